The maximum absolute atomic E-state index is 13.3. The lowest BCUT2D eigenvalue weighted by molar-refractivity contribution is -0.758. The van der Waals surface area contributed by atoms with Crippen LogP contribution in [0.2, 0.25) is 0 Å². The van der Waals surface area contributed by atoms with E-state index in [9.17, 15) is 20.1 Å². The van der Waals surface area contributed by atoms with Gasteiger partial charge in [0.1, 0.15) is 11.3 Å². The number of fused-ring (bicyclic) bond motifs is 1. The van der Waals surface area contributed by atoms with Gasteiger partial charge in [0.05, 0.1) is 30.7 Å². The molecule has 0 bridgehead atoms. The topological polar surface area (TPSA) is 148 Å². The molecule has 1 fully saturated rings. The lowest BCUT2D eigenvalue weighted by Gasteiger charge is -2.30. The minimum Gasteiger partial charge on any atom is -0.493 e. The molecule has 2 aromatic heterocycles. The Balaban J connectivity index is 0.00000237. The summed E-state index contributed by atoms with van der Waals surface area (Å²) in [6, 6.07) is 5.91. The van der Waals surface area contributed by atoms with E-state index in [0.29, 0.717) is 59.1 Å². The van der Waals surface area contributed by atoms with Crippen LogP contribution >= 0.6 is 11.9 Å². The number of H-pyrrole nitrogens is 1. The van der Waals surface area contributed by atoms with Gasteiger partial charge in [-0.2, -0.15) is 0 Å². The summed E-state index contributed by atoms with van der Waals surface area (Å²) < 4.78 is 9.99. The Kier molecular flexibility index (Phi) is 12.7. The number of hydrogen-bond donors (Lipinski definition) is 2. The molecule has 3 heterocycles. The highest BCUT2D eigenvalue weighted by Gasteiger charge is 2.23. The van der Waals surface area contributed by atoms with Gasteiger partial charge in [0, 0.05) is 23.5 Å². The van der Waals surface area contributed by atoms with Crippen LogP contribution in [0, 0.1) is 23.0 Å². The summed E-state index contributed by atoms with van der Waals surface area (Å²) in [6.07, 6.45) is 6.25. The molecule has 13 heteroatoms. The standard InChI is InChI=1S/C27H36N6O6S.C2H6/c1-4-6-23-22(17-28-35)18(3)25-27(34)29-26(30-32(23)25)21-16-20(7-8-24(21)38-14-5-2)40-31-12-9-19(10-13-31)11-15-39-33(36)37;1-2/h7-8,16-17,19,35H,4-6,9-15H2,1-3H3,(H,29,30,34);1-2H3/b28-17+;. The van der Waals surface area contributed by atoms with Crippen molar-refractivity contribution in [3.8, 4) is 17.1 Å². The van der Waals surface area contributed by atoms with Crippen LogP contribution in [0.15, 0.2) is 33.0 Å². The molecule has 12 nitrogen and oxygen atoms in total. The summed E-state index contributed by atoms with van der Waals surface area (Å²) in [5, 5.41) is 27.0. The number of nitrogens with one attached hydrogen (secondary N) is 1. The van der Waals surface area contributed by atoms with Crippen LogP contribution in [0.5, 0.6) is 5.75 Å². The smallest absolute Gasteiger partial charge is 0.294 e. The second kappa shape index (κ2) is 16.2. The number of aromatic nitrogens is 3. The van der Waals surface area contributed by atoms with Crippen LogP contribution in [0.4, 0.5) is 0 Å². The molecule has 3 aromatic rings. The molecule has 0 saturated carbocycles. The highest BCUT2D eigenvalue weighted by atomic mass is 32.2. The minimum absolute atomic E-state index is 0.137. The molecule has 0 atom stereocenters. The Morgan fingerprint density at radius 3 is 2.62 bits per heavy atom. The van der Waals surface area contributed by atoms with Crippen molar-refractivity contribution in [2.45, 2.75) is 78.0 Å². The van der Waals surface area contributed by atoms with E-state index in [-0.39, 0.29) is 12.2 Å². The first-order chi connectivity index (χ1) is 20.4. The van der Waals surface area contributed by atoms with Gasteiger partial charge in [-0.3, -0.25) is 4.79 Å². The number of aryl methyl sites for hydroxylation is 2. The first-order valence-corrected chi connectivity index (χ1v) is 15.4. The van der Waals surface area contributed by atoms with Crippen molar-refractivity contribution < 1.29 is 19.9 Å². The first-order valence-electron chi connectivity index (χ1n) is 14.7. The molecule has 0 unspecified atom stereocenters. The summed E-state index contributed by atoms with van der Waals surface area (Å²) >= 11 is 1.64. The summed E-state index contributed by atoms with van der Waals surface area (Å²) in [4.78, 5) is 32.1. The zero-order chi connectivity index (χ0) is 30.6. The van der Waals surface area contributed by atoms with Gasteiger partial charge in [-0.15, -0.1) is 15.2 Å². The largest absolute Gasteiger partial charge is 0.493 e. The van der Waals surface area contributed by atoms with E-state index in [1.807, 2.05) is 52.8 Å². The lowest BCUT2D eigenvalue weighted by atomic mass is 9.95. The molecule has 1 saturated heterocycles. The predicted octanol–water partition coefficient (Wildman–Crippen LogP) is 5.89. The van der Waals surface area contributed by atoms with E-state index >= 15 is 0 Å². The molecule has 0 amide bonds. The third-order valence-electron chi connectivity index (χ3n) is 7.06. The fourth-order valence-electron chi connectivity index (χ4n) is 5.07. The van der Waals surface area contributed by atoms with Gasteiger partial charge >= 0.3 is 0 Å². The molecule has 0 aliphatic carbocycles. The molecule has 42 heavy (non-hydrogen) atoms. The first kappa shape index (κ1) is 32.9. The highest BCUT2D eigenvalue weighted by molar-refractivity contribution is 7.97. The van der Waals surface area contributed by atoms with E-state index in [1.54, 1.807) is 16.5 Å². The number of nitrogens with zero attached hydrogens (tertiary/aromatic N) is 5. The van der Waals surface area contributed by atoms with Crippen LogP contribution in [-0.2, 0) is 11.3 Å². The quantitative estimate of drug-likeness (QED) is 0.0803. The summed E-state index contributed by atoms with van der Waals surface area (Å²) in [5.74, 6) is 1.44. The third-order valence-corrected chi connectivity index (χ3v) is 8.14. The number of aromatic amines is 1. The van der Waals surface area contributed by atoms with E-state index in [2.05, 4.69) is 19.3 Å². The Morgan fingerprint density at radius 1 is 1.24 bits per heavy atom. The maximum atomic E-state index is 13.3. The second-order valence-electron chi connectivity index (χ2n) is 9.86. The van der Waals surface area contributed by atoms with Crippen LogP contribution in [0.25, 0.3) is 16.9 Å². The average Bonchev–Trinajstić information content (AvgIpc) is 3.25. The number of piperidine rings is 1. The molecule has 4 rings (SSSR count). The Bertz CT molecular complexity index is 1410. The van der Waals surface area contributed by atoms with Gasteiger partial charge in [0.25, 0.3) is 10.6 Å². The highest BCUT2D eigenvalue weighted by Crippen LogP contribution is 2.36. The van der Waals surface area contributed by atoms with Gasteiger partial charge < -0.3 is 19.8 Å². The zero-order valence-corrected chi connectivity index (χ0v) is 25.9. The molecule has 230 valence electrons. The number of ether oxygens (including phenoxy) is 1. The second-order valence-corrected chi connectivity index (χ2v) is 11.0. The van der Waals surface area contributed by atoms with Crippen molar-refractivity contribution in [2.75, 3.05) is 26.3 Å². The summed E-state index contributed by atoms with van der Waals surface area (Å²) in [6.45, 7) is 12.3. The molecule has 1 aliphatic heterocycles. The minimum atomic E-state index is -0.735. The van der Waals surface area contributed by atoms with Gasteiger partial charge in [0.2, 0.25) is 0 Å². The van der Waals surface area contributed by atoms with Crippen LogP contribution in [-0.4, -0.2) is 61.7 Å². The summed E-state index contributed by atoms with van der Waals surface area (Å²) in [5.41, 5.74) is 3.06. The van der Waals surface area contributed by atoms with Crippen molar-refractivity contribution in [1.29, 1.82) is 0 Å². The van der Waals surface area contributed by atoms with E-state index in [4.69, 9.17) is 9.84 Å². The third kappa shape index (κ3) is 8.03. The fraction of sp³-hybridized carbons (Fsp3) is 0.552. The Hall–Kier alpha value is -3.58. The predicted molar refractivity (Wildman–Crippen MR) is 164 cm³/mol. The Labute approximate surface area is 250 Å². The Morgan fingerprint density at radius 2 is 1.98 bits per heavy atom. The van der Waals surface area contributed by atoms with Crippen molar-refractivity contribution in [3.05, 3.63) is 55.5 Å². The average molecular weight is 603 g/mol. The molecule has 1 aliphatic rings. The van der Waals surface area contributed by atoms with Gasteiger partial charge in [-0.25, -0.2) is 8.82 Å². The van der Waals surface area contributed by atoms with E-state index in [0.717, 1.165) is 49.4 Å². The SMILES string of the molecule is CC.CCCOc1ccc(SN2CCC(CCO[N+](=O)[O-])CC2)cc1-c1nn2c(CCC)c(/C=N/O)c(C)c2c(=O)[nH]1. The van der Waals surface area contributed by atoms with Crippen LogP contribution in [0.1, 0.15) is 76.6 Å². The molecule has 1 aromatic carbocycles. The number of oxime groups is 1. The monoisotopic (exact) mass is 602 g/mol. The van der Waals surface area contributed by atoms with Crippen molar-refractivity contribution >= 4 is 23.7 Å². The van der Waals surface area contributed by atoms with Crippen molar-refractivity contribution in [2.24, 2.45) is 11.1 Å². The van der Waals surface area contributed by atoms with Gasteiger partial charge in [-0.1, -0.05) is 39.3 Å². The van der Waals surface area contributed by atoms with Crippen molar-refractivity contribution in [1.82, 2.24) is 18.9 Å². The zero-order valence-electron chi connectivity index (χ0n) is 25.1. The molecule has 0 spiro atoms. The van der Waals surface area contributed by atoms with E-state index in [1.165, 1.54) is 6.21 Å². The summed E-state index contributed by atoms with van der Waals surface area (Å²) in [7, 11) is 0. The van der Waals surface area contributed by atoms with E-state index < -0.39 is 5.09 Å². The molecular weight excluding hydrogens is 560 g/mol. The number of benzene rings is 1. The number of hydrogen-bond acceptors (Lipinski definition) is 10. The fourth-order valence-corrected chi connectivity index (χ4v) is 6.06. The molecular formula is C29H42N6O6S. The normalized spacial score (nSPS) is 14.2. The molecule has 2 N–H and O–H groups in total. The van der Waals surface area contributed by atoms with Crippen molar-refractivity contribution in [3.63, 3.8) is 0 Å². The van der Waals surface area contributed by atoms with Crippen LogP contribution in [0.3, 0.4) is 0 Å². The lowest BCUT2D eigenvalue weighted by Crippen LogP contribution is -2.29. The maximum Gasteiger partial charge on any atom is 0.294 e. The number of rotatable bonds is 13. The van der Waals surface area contributed by atoms with Gasteiger partial charge in [0.15, 0.2) is 5.82 Å². The van der Waals surface area contributed by atoms with Gasteiger partial charge in [-0.05, 0) is 80.7 Å². The molecule has 0 radical (unpaired) electrons. The van der Waals surface area contributed by atoms with Crippen LogP contribution < -0.4 is 10.3 Å².